The van der Waals surface area contributed by atoms with Crippen LogP contribution >= 0.6 is 0 Å². The van der Waals surface area contributed by atoms with Crippen LogP contribution in [0.2, 0.25) is 0 Å². The molecule has 0 saturated heterocycles. The smallest absolute Gasteiger partial charge is 0.119 e. The van der Waals surface area contributed by atoms with Crippen LogP contribution in [0.15, 0.2) is 61.1 Å². The summed E-state index contributed by atoms with van der Waals surface area (Å²) in [5.41, 5.74) is 5.06. The van der Waals surface area contributed by atoms with Gasteiger partial charge in [-0.2, -0.15) is 0 Å². The standard InChI is InChI=1S/C24H30N2O/c1-18(2)11-20-7-9-24(10-8-20)27-16-22-6-4-5-21(14-22)12-19(3)13-23-15-25-17-26-23/h4-10,14-15,17-19H,11-13,16H2,1-3H3,(H,25,26). The van der Waals surface area contributed by atoms with Gasteiger partial charge in [-0.1, -0.05) is 57.2 Å². The van der Waals surface area contributed by atoms with Gasteiger partial charge in [-0.15, -0.1) is 0 Å². The van der Waals surface area contributed by atoms with Crippen molar-refractivity contribution >= 4 is 0 Å². The summed E-state index contributed by atoms with van der Waals surface area (Å²) >= 11 is 0. The van der Waals surface area contributed by atoms with Crippen molar-refractivity contribution in [1.29, 1.82) is 0 Å². The van der Waals surface area contributed by atoms with E-state index in [1.807, 2.05) is 6.20 Å². The first-order valence-electron chi connectivity index (χ1n) is 9.85. The van der Waals surface area contributed by atoms with Crippen molar-refractivity contribution in [2.24, 2.45) is 11.8 Å². The minimum atomic E-state index is 0.554. The molecule has 0 saturated carbocycles. The van der Waals surface area contributed by atoms with E-state index >= 15 is 0 Å². The second-order valence-electron chi connectivity index (χ2n) is 7.92. The number of benzene rings is 2. The Morgan fingerprint density at radius 2 is 1.67 bits per heavy atom. The van der Waals surface area contributed by atoms with E-state index in [1.165, 1.54) is 16.7 Å². The van der Waals surface area contributed by atoms with Gasteiger partial charge in [0.1, 0.15) is 12.4 Å². The lowest BCUT2D eigenvalue weighted by Gasteiger charge is -2.12. The van der Waals surface area contributed by atoms with Crippen LogP contribution in [0, 0.1) is 11.8 Å². The quantitative estimate of drug-likeness (QED) is 0.537. The second kappa shape index (κ2) is 9.40. The Bertz CT molecular complexity index is 807. The lowest BCUT2D eigenvalue weighted by Crippen LogP contribution is -2.05. The van der Waals surface area contributed by atoms with E-state index in [-0.39, 0.29) is 0 Å². The molecule has 0 aliphatic rings. The predicted octanol–water partition coefficient (Wildman–Crippen LogP) is 5.61. The van der Waals surface area contributed by atoms with Gasteiger partial charge in [0.05, 0.1) is 12.0 Å². The number of aromatic amines is 1. The summed E-state index contributed by atoms with van der Waals surface area (Å²) in [5.74, 6) is 2.16. The largest absolute Gasteiger partial charge is 0.489 e. The molecule has 0 bridgehead atoms. The van der Waals surface area contributed by atoms with Crippen LogP contribution < -0.4 is 4.74 Å². The molecule has 1 unspecified atom stereocenters. The summed E-state index contributed by atoms with van der Waals surface area (Å²) < 4.78 is 5.98. The molecule has 3 aromatic rings. The minimum Gasteiger partial charge on any atom is -0.489 e. The maximum absolute atomic E-state index is 5.98. The lowest BCUT2D eigenvalue weighted by molar-refractivity contribution is 0.306. The molecule has 1 atom stereocenters. The number of aromatic nitrogens is 2. The zero-order valence-electron chi connectivity index (χ0n) is 16.6. The molecule has 3 rings (SSSR count). The van der Waals surface area contributed by atoms with Crippen LogP contribution in [0.3, 0.4) is 0 Å². The number of H-pyrrole nitrogens is 1. The third-order valence-corrected chi connectivity index (χ3v) is 4.66. The molecule has 2 aromatic carbocycles. The zero-order valence-corrected chi connectivity index (χ0v) is 16.6. The monoisotopic (exact) mass is 362 g/mol. The lowest BCUT2D eigenvalue weighted by atomic mass is 9.96. The maximum atomic E-state index is 5.98. The number of imidazole rings is 1. The fourth-order valence-corrected chi connectivity index (χ4v) is 3.44. The Morgan fingerprint density at radius 1 is 0.889 bits per heavy atom. The summed E-state index contributed by atoms with van der Waals surface area (Å²) in [7, 11) is 0. The van der Waals surface area contributed by atoms with Gasteiger partial charge >= 0.3 is 0 Å². The van der Waals surface area contributed by atoms with Crippen molar-refractivity contribution < 1.29 is 4.74 Å². The van der Waals surface area contributed by atoms with Crippen LogP contribution in [0.4, 0.5) is 0 Å². The van der Waals surface area contributed by atoms with Crippen molar-refractivity contribution in [3.05, 3.63) is 83.4 Å². The highest BCUT2D eigenvalue weighted by molar-refractivity contribution is 5.29. The summed E-state index contributed by atoms with van der Waals surface area (Å²) in [5, 5.41) is 0. The first-order chi connectivity index (χ1) is 13.1. The molecule has 3 nitrogen and oxygen atoms in total. The maximum Gasteiger partial charge on any atom is 0.119 e. The van der Waals surface area contributed by atoms with Crippen molar-refractivity contribution in [1.82, 2.24) is 9.97 Å². The molecule has 1 N–H and O–H groups in total. The molecule has 1 heterocycles. The van der Waals surface area contributed by atoms with E-state index < -0.39 is 0 Å². The van der Waals surface area contributed by atoms with Crippen LogP contribution in [0.1, 0.15) is 43.2 Å². The van der Waals surface area contributed by atoms with E-state index in [0.29, 0.717) is 18.4 Å². The van der Waals surface area contributed by atoms with Gasteiger partial charge in [0.2, 0.25) is 0 Å². The van der Waals surface area contributed by atoms with Gasteiger partial charge < -0.3 is 9.72 Å². The number of hydrogen-bond acceptors (Lipinski definition) is 2. The molecule has 0 aliphatic heterocycles. The average molecular weight is 363 g/mol. The molecule has 0 spiro atoms. The molecule has 0 fully saturated rings. The number of rotatable bonds is 9. The first-order valence-corrected chi connectivity index (χ1v) is 9.85. The molecular weight excluding hydrogens is 332 g/mol. The molecule has 3 heteroatoms. The average Bonchev–Trinajstić information content (AvgIpc) is 3.14. The van der Waals surface area contributed by atoms with Crippen molar-refractivity contribution in [2.45, 2.75) is 46.6 Å². The third kappa shape index (κ3) is 6.28. The fourth-order valence-electron chi connectivity index (χ4n) is 3.44. The van der Waals surface area contributed by atoms with Gasteiger partial charge in [0.15, 0.2) is 0 Å². The van der Waals surface area contributed by atoms with Crippen LogP contribution in [0.25, 0.3) is 0 Å². The summed E-state index contributed by atoms with van der Waals surface area (Å²) in [6.07, 6.45) is 6.87. The molecule has 0 amide bonds. The minimum absolute atomic E-state index is 0.554. The fraction of sp³-hybridized carbons (Fsp3) is 0.375. The first kappa shape index (κ1) is 19.2. The van der Waals surface area contributed by atoms with E-state index in [9.17, 15) is 0 Å². The molecule has 27 heavy (non-hydrogen) atoms. The molecule has 142 valence electrons. The Morgan fingerprint density at radius 3 is 2.37 bits per heavy atom. The SMILES string of the molecule is CC(C)Cc1ccc(OCc2cccc(CC(C)Cc3c[nH]cn3)c2)cc1. The van der Waals surface area contributed by atoms with E-state index in [0.717, 1.165) is 30.7 Å². The van der Waals surface area contributed by atoms with Crippen LogP contribution in [0.5, 0.6) is 5.75 Å². The van der Waals surface area contributed by atoms with Gasteiger partial charge in [-0.3, -0.25) is 0 Å². The topological polar surface area (TPSA) is 37.9 Å². The van der Waals surface area contributed by atoms with Gasteiger partial charge in [0, 0.05) is 6.20 Å². The van der Waals surface area contributed by atoms with Crippen molar-refractivity contribution in [3.8, 4) is 5.75 Å². The molecule has 0 radical (unpaired) electrons. The number of hydrogen-bond donors (Lipinski definition) is 1. The van der Waals surface area contributed by atoms with Gasteiger partial charge in [0.25, 0.3) is 0 Å². The highest BCUT2D eigenvalue weighted by Gasteiger charge is 2.07. The highest BCUT2D eigenvalue weighted by Crippen LogP contribution is 2.18. The Balaban J connectivity index is 1.52. The summed E-state index contributed by atoms with van der Waals surface area (Å²) in [4.78, 5) is 7.35. The Hall–Kier alpha value is -2.55. The van der Waals surface area contributed by atoms with E-state index in [4.69, 9.17) is 4.74 Å². The predicted molar refractivity (Wildman–Crippen MR) is 111 cm³/mol. The molecule has 1 aromatic heterocycles. The normalized spacial score (nSPS) is 12.3. The number of ether oxygens (including phenoxy) is 1. The summed E-state index contributed by atoms with van der Waals surface area (Å²) in [6, 6.07) is 17.2. The van der Waals surface area contributed by atoms with Crippen molar-refractivity contribution in [3.63, 3.8) is 0 Å². The van der Waals surface area contributed by atoms with E-state index in [2.05, 4.69) is 79.3 Å². The van der Waals surface area contributed by atoms with Crippen molar-refractivity contribution in [2.75, 3.05) is 0 Å². The second-order valence-corrected chi connectivity index (χ2v) is 7.92. The summed E-state index contributed by atoms with van der Waals surface area (Å²) in [6.45, 7) is 7.36. The number of nitrogens with zero attached hydrogens (tertiary/aromatic N) is 1. The Labute approximate surface area is 162 Å². The molecule has 0 aliphatic carbocycles. The van der Waals surface area contributed by atoms with Crippen LogP contribution in [-0.4, -0.2) is 9.97 Å². The third-order valence-electron chi connectivity index (χ3n) is 4.66. The molecular formula is C24H30N2O. The van der Waals surface area contributed by atoms with Crippen LogP contribution in [-0.2, 0) is 25.9 Å². The Kier molecular flexibility index (Phi) is 6.69. The number of nitrogens with one attached hydrogen (secondary N) is 1. The highest BCUT2D eigenvalue weighted by atomic mass is 16.5. The van der Waals surface area contributed by atoms with E-state index in [1.54, 1.807) is 6.33 Å². The van der Waals surface area contributed by atoms with Gasteiger partial charge in [-0.05, 0) is 59.9 Å². The van der Waals surface area contributed by atoms with Gasteiger partial charge in [-0.25, -0.2) is 4.98 Å². The zero-order chi connectivity index (χ0) is 19.1.